The molecule has 4 nitrogen and oxygen atoms in total. The highest BCUT2D eigenvalue weighted by molar-refractivity contribution is 6.32. The largest absolute Gasteiger partial charge is 0.491 e. The Bertz CT molecular complexity index is 423. The number of hydrogen-bond donors (Lipinski definition) is 2. The monoisotopic (exact) mass is 318 g/mol. The highest BCUT2D eigenvalue weighted by Crippen LogP contribution is 2.22. The SMILES string of the molecule is Cl.O=C(CCOc1ccccc1Cl)NC1CCCNC1. The third-order valence-electron chi connectivity index (χ3n) is 3.09. The molecule has 112 valence electrons. The van der Waals surface area contributed by atoms with Crippen molar-refractivity contribution in [1.82, 2.24) is 10.6 Å². The van der Waals surface area contributed by atoms with Crippen molar-refractivity contribution in [2.24, 2.45) is 0 Å². The van der Waals surface area contributed by atoms with Gasteiger partial charge in [-0.1, -0.05) is 23.7 Å². The predicted molar refractivity (Wildman–Crippen MR) is 82.8 cm³/mol. The minimum atomic E-state index is 0. The number of piperidine rings is 1. The Morgan fingerprint density at radius 2 is 2.25 bits per heavy atom. The van der Waals surface area contributed by atoms with Gasteiger partial charge in [0, 0.05) is 12.6 Å². The van der Waals surface area contributed by atoms with Crippen molar-refractivity contribution in [3.05, 3.63) is 29.3 Å². The number of ether oxygens (including phenoxy) is 1. The fraction of sp³-hybridized carbons (Fsp3) is 0.500. The smallest absolute Gasteiger partial charge is 0.223 e. The van der Waals surface area contributed by atoms with Crippen molar-refractivity contribution in [2.75, 3.05) is 19.7 Å². The zero-order valence-electron chi connectivity index (χ0n) is 11.2. The van der Waals surface area contributed by atoms with E-state index in [1.54, 1.807) is 12.1 Å². The zero-order chi connectivity index (χ0) is 13.5. The van der Waals surface area contributed by atoms with Gasteiger partial charge in [0.1, 0.15) is 5.75 Å². The Hall–Kier alpha value is -0.970. The molecule has 1 aromatic rings. The molecule has 1 amide bonds. The number of halogens is 2. The Balaban J connectivity index is 0.00000200. The summed E-state index contributed by atoms with van der Waals surface area (Å²) in [6.45, 7) is 2.24. The lowest BCUT2D eigenvalue weighted by Gasteiger charge is -2.23. The third-order valence-corrected chi connectivity index (χ3v) is 3.40. The van der Waals surface area contributed by atoms with Crippen LogP contribution in [-0.4, -0.2) is 31.6 Å². The summed E-state index contributed by atoms with van der Waals surface area (Å²) in [6, 6.07) is 7.52. The van der Waals surface area contributed by atoms with Crippen LogP contribution in [0.25, 0.3) is 0 Å². The van der Waals surface area contributed by atoms with Gasteiger partial charge in [0.05, 0.1) is 18.1 Å². The van der Waals surface area contributed by atoms with Gasteiger partial charge in [0.2, 0.25) is 5.91 Å². The molecule has 2 rings (SSSR count). The molecule has 1 fully saturated rings. The molecule has 20 heavy (non-hydrogen) atoms. The normalized spacial score (nSPS) is 17.9. The lowest BCUT2D eigenvalue weighted by molar-refractivity contribution is -0.122. The highest BCUT2D eigenvalue weighted by Gasteiger charge is 2.15. The van der Waals surface area contributed by atoms with Crippen molar-refractivity contribution in [1.29, 1.82) is 0 Å². The average molecular weight is 319 g/mol. The van der Waals surface area contributed by atoms with Crippen LogP contribution in [0.5, 0.6) is 5.75 Å². The first-order chi connectivity index (χ1) is 9.25. The molecular weight excluding hydrogens is 299 g/mol. The summed E-state index contributed by atoms with van der Waals surface area (Å²) in [4.78, 5) is 11.7. The summed E-state index contributed by atoms with van der Waals surface area (Å²) in [7, 11) is 0. The van der Waals surface area contributed by atoms with E-state index in [9.17, 15) is 4.79 Å². The second-order valence-corrected chi connectivity index (χ2v) is 5.05. The zero-order valence-corrected chi connectivity index (χ0v) is 12.8. The molecule has 0 bridgehead atoms. The maximum absolute atomic E-state index is 11.7. The fourth-order valence-electron chi connectivity index (χ4n) is 2.09. The van der Waals surface area contributed by atoms with Gasteiger partial charge in [-0.05, 0) is 31.5 Å². The third kappa shape index (κ3) is 5.57. The highest BCUT2D eigenvalue weighted by atomic mass is 35.5. The number of benzene rings is 1. The van der Waals surface area contributed by atoms with E-state index in [0.29, 0.717) is 23.8 Å². The minimum absolute atomic E-state index is 0. The second-order valence-electron chi connectivity index (χ2n) is 4.64. The quantitative estimate of drug-likeness (QED) is 0.876. The Labute approximate surface area is 130 Å². The van der Waals surface area contributed by atoms with Gasteiger partial charge >= 0.3 is 0 Å². The molecule has 0 saturated carbocycles. The molecule has 1 unspecified atom stereocenters. The van der Waals surface area contributed by atoms with Crippen LogP contribution in [0, 0.1) is 0 Å². The summed E-state index contributed by atoms with van der Waals surface area (Å²) in [6.07, 6.45) is 2.51. The number of amides is 1. The van der Waals surface area contributed by atoms with Gasteiger partial charge in [-0.3, -0.25) is 4.79 Å². The van der Waals surface area contributed by atoms with Crippen molar-refractivity contribution in [3.8, 4) is 5.75 Å². The lowest BCUT2D eigenvalue weighted by Crippen LogP contribution is -2.45. The molecule has 1 atom stereocenters. The maximum Gasteiger partial charge on any atom is 0.223 e. The topological polar surface area (TPSA) is 50.4 Å². The van der Waals surface area contributed by atoms with Crippen LogP contribution >= 0.6 is 24.0 Å². The van der Waals surface area contributed by atoms with E-state index in [0.717, 1.165) is 25.9 Å². The number of carbonyl (C=O) groups is 1. The van der Waals surface area contributed by atoms with Crippen molar-refractivity contribution in [2.45, 2.75) is 25.3 Å². The maximum atomic E-state index is 11.7. The molecule has 1 saturated heterocycles. The molecular formula is C14H20Cl2N2O2. The number of carbonyl (C=O) groups excluding carboxylic acids is 1. The molecule has 0 aromatic heterocycles. The fourth-order valence-corrected chi connectivity index (χ4v) is 2.28. The predicted octanol–water partition coefficient (Wildman–Crippen LogP) is 2.40. The Morgan fingerprint density at radius 1 is 1.45 bits per heavy atom. The van der Waals surface area contributed by atoms with E-state index in [-0.39, 0.29) is 24.4 Å². The van der Waals surface area contributed by atoms with E-state index >= 15 is 0 Å². The second kappa shape index (κ2) is 9.06. The van der Waals surface area contributed by atoms with Crippen molar-refractivity contribution < 1.29 is 9.53 Å². The van der Waals surface area contributed by atoms with Gasteiger partial charge in [-0.2, -0.15) is 0 Å². The van der Waals surface area contributed by atoms with Crippen LogP contribution in [0.1, 0.15) is 19.3 Å². The molecule has 0 aliphatic carbocycles. The van der Waals surface area contributed by atoms with E-state index in [4.69, 9.17) is 16.3 Å². The van der Waals surface area contributed by atoms with Gasteiger partial charge in [0.15, 0.2) is 0 Å². The molecule has 1 heterocycles. The minimum Gasteiger partial charge on any atom is -0.491 e. The molecule has 1 aromatic carbocycles. The number of nitrogens with one attached hydrogen (secondary N) is 2. The number of rotatable bonds is 5. The molecule has 0 radical (unpaired) electrons. The van der Waals surface area contributed by atoms with Crippen molar-refractivity contribution in [3.63, 3.8) is 0 Å². The lowest BCUT2D eigenvalue weighted by atomic mass is 10.1. The first-order valence-electron chi connectivity index (χ1n) is 6.63. The summed E-state index contributed by atoms with van der Waals surface area (Å²) < 4.78 is 5.49. The van der Waals surface area contributed by atoms with Crippen LogP contribution in [0.2, 0.25) is 5.02 Å². The molecule has 0 spiro atoms. The number of hydrogen-bond acceptors (Lipinski definition) is 3. The first kappa shape index (κ1) is 17.1. The van der Waals surface area contributed by atoms with Crippen LogP contribution in [-0.2, 0) is 4.79 Å². The number of para-hydroxylation sites is 1. The van der Waals surface area contributed by atoms with E-state index in [1.165, 1.54) is 0 Å². The van der Waals surface area contributed by atoms with Crippen LogP contribution < -0.4 is 15.4 Å². The molecule has 1 aliphatic rings. The standard InChI is InChI=1S/C14H19ClN2O2.ClH/c15-12-5-1-2-6-13(12)19-9-7-14(18)17-11-4-3-8-16-10-11;/h1-2,5-6,11,16H,3-4,7-10H2,(H,17,18);1H. The summed E-state index contributed by atoms with van der Waals surface area (Å²) in [5, 5.41) is 6.84. The van der Waals surface area contributed by atoms with Gasteiger partial charge in [-0.25, -0.2) is 0 Å². The summed E-state index contributed by atoms with van der Waals surface area (Å²) >= 11 is 5.96. The van der Waals surface area contributed by atoms with Crippen molar-refractivity contribution >= 4 is 29.9 Å². The first-order valence-corrected chi connectivity index (χ1v) is 7.01. The molecule has 1 aliphatic heterocycles. The van der Waals surface area contributed by atoms with Gasteiger partial charge in [0.25, 0.3) is 0 Å². The van der Waals surface area contributed by atoms with Crippen LogP contribution in [0.15, 0.2) is 24.3 Å². The molecule has 6 heteroatoms. The average Bonchev–Trinajstić information content (AvgIpc) is 2.42. The van der Waals surface area contributed by atoms with Crippen LogP contribution in [0.4, 0.5) is 0 Å². The van der Waals surface area contributed by atoms with E-state index in [2.05, 4.69) is 10.6 Å². The van der Waals surface area contributed by atoms with E-state index in [1.807, 2.05) is 12.1 Å². The van der Waals surface area contributed by atoms with Gasteiger partial charge in [-0.15, -0.1) is 12.4 Å². The Kier molecular flexibility index (Phi) is 7.73. The summed E-state index contributed by atoms with van der Waals surface area (Å²) in [5.41, 5.74) is 0. The van der Waals surface area contributed by atoms with Gasteiger partial charge < -0.3 is 15.4 Å². The van der Waals surface area contributed by atoms with E-state index < -0.39 is 0 Å². The Morgan fingerprint density at radius 3 is 2.95 bits per heavy atom. The summed E-state index contributed by atoms with van der Waals surface area (Å²) in [5.74, 6) is 0.650. The van der Waals surface area contributed by atoms with Crippen LogP contribution in [0.3, 0.4) is 0 Å². The molecule has 2 N–H and O–H groups in total.